The predicted molar refractivity (Wildman–Crippen MR) is 288 cm³/mol. The van der Waals surface area contributed by atoms with Gasteiger partial charge >= 0.3 is 0 Å². The van der Waals surface area contributed by atoms with E-state index < -0.39 is 0 Å². The van der Waals surface area contributed by atoms with Crippen LogP contribution in [-0.4, -0.2) is 4.98 Å². The number of thiazole rings is 1. The van der Waals surface area contributed by atoms with E-state index in [1.54, 1.807) is 11.3 Å². The second-order valence-electron chi connectivity index (χ2n) is 17.2. The zero-order chi connectivity index (χ0) is 44.7. The fraction of sp³-hybridized carbons (Fsp3) is 0.0484. The Morgan fingerprint density at radius 2 is 0.896 bits per heavy atom. The predicted octanol–water partition coefficient (Wildman–Crippen LogP) is 18.3. The Balaban J connectivity index is 0.961. The lowest BCUT2D eigenvalue weighted by atomic mass is 9.85. The second-order valence-corrected chi connectivity index (χ2v) is 19.2. The molecule has 0 saturated carbocycles. The van der Waals surface area contributed by atoms with Crippen molar-refractivity contribution in [2.75, 3.05) is 9.80 Å². The Bertz CT molecular complexity index is 3510. The van der Waals surface area contributed by atoms with Crippen molar-refractivity contribution >= 4 is 87.1 Å². The van der Waals surface area contributed by atoms with Crippen LogP contribution in [0.25, 0.3) is 68.8 Å². The van der Waals surface area contributed by atoms with Gasteiger partial charge in [0.25, 0.3) is 0 Å². The van der Waals surface area contributed by atoms with E-state index in [0.29, 0.717) is 0 Å². The van der Waals surface area contributed by atoms with E-state index in [0.717, 1.165) is 56.5 Å². The van der Waals surface area contributed by atoms with Gasteiger partial charge in [0.2, 0.25) is 0 Å². The van der Waals surface area contributed by atoms with Gasteiger partial charge in [-0.25, -0.2) is 4.98 Å². The number of para-hydroxylation sites is 4. The summed E-state index contributed by atoms with van der Waals surface area (Å²) in [6.45, 7) is 2.36. The van der Waals surface area contributed by atoms with Crippen LogP contribution in [0.4, 0.5) is 28.4 Å². The van der Waals surface area contributed by atoms with Crippen molar-refractivity contribution in [3.8, 4) is 32.8 Å². The van der Waals surface area contributed by atoms with Gasteiger partial charge in [-0.1, -0.05) is 171 Å². The molecule has 0 radical (unpaired) electrons. The quantitative estimate of drug-likeness (QED) is 0.136. The van der Waals surface area contributed by atoms with Crippen LogP contribution in [0.3, 0.4) is 0 Å². The molecule has 12 rings (SSSR count). The van der Waals surface area contributed by atoms with Crippen molar-refractivity contribution in [2.45, 2.75) is 13.3 Å². The first kappa shape index (κ1) is 40.7. The third kappa shape index (κ3) is 7.62. The van der Waals surface area contributed by atoms with Gasteiger partial charge in [-0.15, -0.1) is 22.7 Å². The number of thiophene rings is 1. The molecule has 5 heteroatoms. The maximum atomic E-state index is 5.57. The van der Waals surface area contributed by atoms with Crippen molar-refractivity contribution in [3.63, 3.8) is 0 Å². The molecule has 2 aromatic heterocycles. The van der Waals surface area contributed by atoms with E-state index in [-0.39, 0.29) is 5.92 Å². The zero-order valence-electron chi connectivity index (χ0n) is 37.0. The third-order valence-electron chi connectivity index (χ3n) is 13.0. The molecule has 320 valence electrons. The number of allylic oxidation sites excluding steroid dienone is 4. The molecule has 0 bridgehead atoms. The molecule has 2 heterocycles. The summed E-state index contributed by atoms with van der Waals surface area (Å²) >= 11 is 3.67. The van der Waals surface area contributed by atoms with Gasteiger partial charge < -0.3 is 9.80 Å². The first-order valence-corrected chi connectivity index (χ1v) is 24.5. The Labute approximate surface area is 399 Å². The molecule has 0 fully saturated rings. The standard InChI is InChI=1S/C62H45N3S2/c1-42-41-51(65(48-21-10-4-11-22-48)49-23-12-5-13-24-49)37-38-52(42)56-40-39-54(44-33-35-50(36-34-44)64(46-17-6-2-7-18-46)47-19-8-3-9-20-47)61-59(56)63-62(67-61)45-31-29-43(30-32-45)53-26-16-27-57-55-25-14-15-28-58(55)66-60(53)57/h2-40,42H,41H2,1H3. The molecule has 11 aromatic rings. The smallest absolute Gasteiger partial charge is 0.124 e. The molecular formula is C62H45N3S2. The largest absolute Gasteiger partial charge is 0.314 e. The first-order chi connectivity index (χ1) is 33.1. The lowest BCUT2D eigenvalue weighted by molar-refractivity contribution is 0.716. The molecule has 67 heavy (non-hydrogen) atoms. The van der Waals surface area contributed by atoms with Gasteiger partial charge in [0.1, 0.15) is 5.01 Å². The van der Waals surface area contributed by atoms with Gasteiger partial charge in [-0.3, -0.25) is 0 Å². The van der Waals surface area contributed by atoms with E-state index in [9.17, 15) is 0 Å². The molecule has 9 aromatic carbocycles. The van der Waals surface area contributed by atoms with Gasteiger partial charge in [0, 0.05) is 71.0 Å². The number of rotatable bonds is 10. The second kappa shape index (κ2) is 17.5. The minimum atomic E-state index is 0.256. The molecule has 0 amide bonds. The minimum Gasteiger partial charge on any atom is -0.314 e. The summed E-state index contributed by atoms with van der Waals surface area (Å²) in [4.78, 5) is 10.3. The summed E-state index contributed by atoms with van der Waals surface area (Å²) in [5.74, 6) is 0.256. The summed E-state index contributed by atoms with van der Waals surface area (Å²) in [5, 5.41) is 3.65. The molecule has 1 aliphatic carbocycles. The molecule has 0 saturated heterocycles. The summed E-state index contributed by atoms with van der Waals surface area (Å²) in [5.41, 5.74) is 16.4. The highest BCUT2D eigenvalue weighted by molar-refractivity contribution is 7.26. The van der Waals surface area contributed by atoms with Crippen LogP contribution in [0.2, 0.25) is 0 Å². The molecule has 3 nitrogen and oxygen atoms in total. The van der Waals surface area contributed by atoms with Crippen molar-refractivity contribution in [1.29, 1.82) is 0 Å². The van der Waals surface area contributed by atoms with Crippen LogP contribution < -0.4 is 9.80 Å². The van der Waals surface area contributed by atoms with E-state index in [1.807, 2.05) is 11.3 Å². The van der Waals surface area contributed by atoms with E-state index >= 15 is 0 Å². The minimum absolute atomic E-state index is 0.256. The molecule has 0 aliphatic heterocycles. The Morgan fingerprint density at radius 3 is 1.51 bits per heavy atom. The first-order valence-electron chi connectivity index (χ1n) is 22.9. The lowest BCUT2D eigenvalue weighted by Gasteiger charge is -2.32. The highest BCUT2D eigenvalue weighted by Gasteiger charge is 2.26. The molecule has 1 unspecified atom stereocenters. The summed E-state index contributed by atoms with van der Waals surface area (Å²) in [6.07, 6.45) is 5.56. The molecule has 0 N–H and O–H groups in total. The number of hydrogen-bond acceptors (Lipinski definition) is 5. The number of anilines is 5. The van der Waals surface area contributed by atoms with Crippen LogP contribution in [0, 0.1) is 5.92 Å². The van der Waals surface area contributed by atoms with Crippen molar-refractivity contribution in [3.05, 3.63) is 248 Å². The maximum absolute atomic E-state index is 5.57. The van der Waals surface area contributed by atoms with Crippen LogP contribution in [0.1, 0.15) is 18.9 Å². The van der Waals surface area contributed by atoms with E-state index in [4.69, 9.17) is 4.98 Å². The topological polar surface area (TPSA) is 19.4 Å². The molecule has 0 spiro atoms. The van der Waals surface area contributed by atoms with Crippen LogP contribution in [-0.2, 0) is 0 Å². The lowest BCUT2D eigenvalue weighted by Crippen LogP contribution is -2.20. The average molecular weight is 896 g/mol. The normalized spacial score (nSPS) is 13.7. The fourth-order valence-corrected chi connectivity index (χ4v) is 12.1. The summed E-state index contributed by atoms with van der Waals surface area (Å²) in [6, 6.07) is 80.8. The Kier molecular flexibility index (Phi) is 10.6. The number of nitrogens with zero attached hydrogens (tertiary/aromatic N) is 3. The fourth-order valence-electron chi connectivity index (χ4n) is 9.75. The maximum Gasteiger partial charge on any atom is 0.124 e. The number of benzene rings is 9. The SMILES string of the molecule is CC1CC(N(c2ccccc2)c2ccccc2)=CC=C1c1ccc(-c2ccc(N(c3ccccc3)c3ccccc3)cc2)c2sc(-c3ccc(-c4cccc5c4sc4ccccc45)cc3)nc12. The third-order valence-corrected chi connectivity index (χ3v) is 15.3. The zero-order valence-corrected chi connectivity index (χ0v) is 38.6. The Morgan fingerprint density at radius 1 is 0.403 bits per heavy atom. The van der Waals surface area contributed by atoms with Crippen molar-refractivity contribution in [1.82, 2.24) is 4.98 Å². The molecule has 1 atom stereocenters. The van der Waals surface area contributed by atoms with Crippen LogP contribution in [0.15, 0.2) is 242 Å². The van der Waals surface area contributed by atoms with Crippen molar-refractivity contribution in [2.24, 2.45) is 5.92 Å². The van der Waals surface area contributed by atoms with Gasteiger partial charge in [0.05, 0.1) is 10.2 Å². The highest BCUT2D eigenvalue weighted by Crippen LogP contribution is 2.46. The van der Waals surface area contributed by atoms with Crippen LogP contribution in [0.5, 0.6) is 0 Å². The average Bonchev–Trinajstić information content (AvgIpc) is 4.01. The van der Waals surface area contributed by atoms with Gasteiger partial charge in [-0.2, -0.15) is 0 Å². The van der Waals surface area contributed by atoms with Crippen molar-refractivity contribution < 1.29 is 0 Å². The van der Waals surface area contributed by atoms with E-state index in [1.165, 1.54) is 58.4 Å². The Hall–Kier alpha value is -7.83. The summed E-state index contributed by atoms with van der Waals surface area (Å²) < 4.78 is 3.84. The monoisotopic (exact) mass is 895 g/mol. The van der Waals surface area contributed by atoms with E-state index in [2.05, 4.69) is 253 Å². The highest BCUT2D eigenvalue weighted by atomic mass is 32.1. The summed E-state index contributed by atoms with van der Waals surface area (Å²) in [7, 11) is 0. The number of fused-ring (bicyclic) bond motifs is 4. The van der Waals surface area contributed by atoms with Gasteiger partial charge in [-0.05, 0) is 107 Å². The number of aromatic nitrogens is 1. The molecule has 1 aliphatic rings. The number of hydrogen-bond donors (Lipinski definition) is 0. The van der Waals surface area contributed by atoms with Crippen LogP contribution >= 0.6 is 22.7 Å². The molecular weight excluding hydrogens is 851 g/mol. The van der Waals surface area contributed by atoms with Gasteiger partial charge in [0.15, 0.2) is 0 Å².